The molecule has 0 amide bonds. The fourth-order valence-corrected chi connectivity index (χ4v) is 5.34. The highest BCUT2D eigenvalue weighted by atomic mass is 15.2. The molecule has 1 saturated heterocycles. The van der Waals surface area contributed by atoms with Gasteiger partial charge >= 0.3 is 0 Å². The van der Waals surface area contributed by atoms with Crippen molar-refractivity contribution in [2.24, 2.45) is 0 Å². The van der Waals surface area contributed by atoms with Gasteiger partial charge in [-0.3, -0.25) is 4.90 Å². The number of anilines is 1. The van der Waals surface area contributed by atoms with Crippen molar-refractivity contribution in [3.63, 3.8) is 0 Å². The van der Waals surface area contributed by atoms with Crippen LogP contribution in [0, 0.1) is 0 Å². The second-order valence-corrected chi connectivity index (χ2v) is 8.15. The van der Waals surface area contributed by atoms with Gasteiger partial charge in [0.1, 0.15) is 0 Å². The molecule has 1 fully saturated rings. The van der Waals surface area contributed by atoms with Crippen LogP contribution in [0.1, 0.15) is 41.3 Å². The third kappa shape index (κ3) is 2.16. The van der Waals surface area contributed by atoms with Gasteiger partial charge in [0.05, 0.1) is 6.04 Å². The van der Waals surface area contributed by atoms with Crippen molar-refractivity contribution in [3.8, 4) is 0 Å². The molecule has 2 aromatic carbocycles. The normalized spacial score (nSPS) is 22.3. The molecule has 0 radical (unpaired) electrons. The predicted octanol–water partition coefficient (Wildman–Crippen LogP) is 4.42. The van der Waals surface area contributed by atoms with Crippen LogP contribution in [0.2, 0.25) is 0 Å². The first-order valence-electron chi connectivity index (χ1n) is 10.1. The zero-order valence-corrected chi connectivity index (χ0v) is 15.2. The second kappa shape index (κ2) is 5.62. The summed E-state index contributed by atoms with van der Waals surface area (Å²) in [5, 5.41) is 1.43. The molecule has 3 aliphatic heterocycles. The summed E-state index contributed by atoms with van der Waals surface area (Å²) >= 11 is 0. The number of benzene rings is 2. The van der Waals surface area contributed by atoms with E-state index >= 15 is 0 Å². The molecule has 1 atom stereocenters. The molecular formula is C23H25N3. The summed E-state index contributed by atoms with van der Waals surface area (Å²) < 4.78 is 0. The summed E-state index contributed by atoms with van der Waals surface area (Å²) in [6.45, 7) is 4.71. The Labute approximate surface area is 154 Å². The molecule has 132 valence electrons. The van der Waals surface area contributed by atoms with E-state index in [2.05, 4.69) is 57.2 Å². The molecular weight excluding hydrogens is 318 g/mol. The van der Waals surface area contributed by atoms with E-state index in [9.17, 15) is 0 Å². The summed E-state index contributed by atoms with van der Waals surface area (Å²) in [6.07, 6.45) is 4.98. The number of hydrogen-bond acceptors (Lipinski definition) is 2. The molecule has 4 heterocycles. The first-order valence-corrected chi connectivity index (χ1v) is 10.1. The van der Waals surface area contributed by atoms with E-state index in [4.69, 9.17) is 0 Å². The molecule has 1 aromatic heterocycles. The van der Waals surface area contributed by atoms with Gasteiger partial charge in [0.15, 0.2) is 0 Å². The fraction of sp³-hybridized carbons (Fsp3) is 0.391. The van der Waals surface area contributed by atoms with Gasteiger partial charge in [-0.2, -0.15) is 0 Å². The van der Waals surface area contributed by atoms with Gasteiger partial charge in [-0.05, 0) is 60.6 Å². The van der Waals surface area contributed by atoms with Gasteiger partial charge < -0.3 is 9.88 Å². The number of rotatable bonds is 1. The maximum absolute atomic E-state index is 3.76. The SMILES string of the molecule is c1ccc2c3c([nH]c2c1)[C@@H]1Cc2cc(N4CCCC4)ccc2CN1CC3. The number of para-hydroxylation sites is 1. The molecule has 0 spiro atoms. The van der Waals surface area contributed by atoms with Crippen molar-refractivity contribution in [2.45, 2.75) is 38.3 Å². The molecule has 0 bridgehead atoms. The van der Waals surface area contributed by atoms with Crippen LogP contribution in [0.15, 0.2) is 42.5 Å². The first kappa shape index (κ1) is 14.9. The van der Waals surface area contributed by atoms with E-state index < -0.39 is 0 Å². The summed E-state index contributed by atoms with van der Waals surface area (Å²) in [6, 6.07) is 16.5. The Morgan fingerprint density at radius 2 is 1.81 bits per heavy atom. The van der Waals surface area contributed by atoms with Crippen LogP contribution in [0.3, 0.4) is 0 Å². The van der Waals surface area contributed by atoms with E-state index in [0.717, 1.165) is 19.4 Å². The Morgan fingerprint density at radius 1 is 0.923 bits per heavy atom. The average Bonchev–Trinajstić information content (AvgIpc) is 3.34. The minimum Gasteiger partial charge on any atom is -0.372 e. The maximum atomic E-state index is 3.76. The summed E-state index contributed by atoms with van der Waals surface area (Å²) in [5.74, 6) is 0. The topological polar surface area (TPSA) is 22.3 Å². The van der Waals surface area contributed by atoms with Crippen LogP contribution >= 0.6 is 0 Å². The third-order valence-corrected chi connectivity index (χ3v) is 6.72. The Balaban J connectivity index is 1.40. The van der Waals surface area contributed by atoms with E-state index in [1.807, 2.05) is 0 Å². The number of nitrogens with zero attached hydrogens (tertiary/aromatic N) is 2. The summed E-state index contributed by atoms with van der Waals surface area (Å²) in [4.78, 5) is 9.00. The monoisotopic (exact) mass is 343 g/mol. The lowest BCUT2D eigenvalue weighted by Gasteiger charge is -2.40. The molecule has 6 rings (SSSR count). The van der Waals surface area contributed by atoms with Crippen molar-refractivity contribution in [1.82, 2.24) is 9.88 Å². The highest BCUT2D eigenvalue weighted by Gasteiger charge is 2.34. The predicted molar refractivity (Wildman–Crippen MR) is 107 cm³/mol. The maximum Gasteiger partial charge on any atom is 0.0545 e. The number of nitrogens with one attached hydrogen (secondary N) is 1. The largest absolute Gasteiger partial charge is 0.372 e. The number of hydrogen-bond donors (Lipinski definition) is 1. The fourth-order valence-electron chi connectivity index (χ4n) is 5.34. The Bertz CT molecular complexity index is 980. The lowest BCUT2D eigenvalue weighted by molar-refractivity contribution is 0.158. The van der Waals surface area contributed by atoms with Crippen LogP contribution < -0.4 is 4.90 Å². The van der Waals surface area contributed by atoms with E-state index in [0.29, 0.717) is 6.04 Å². The molecule has 3 aliphatic rings. The van der Waals surface area contributed by atoms with E-state index in [-0.39, 0.29) is 0 Å². The Hall–Kier alpha value is -2.26. The lowest BCUT2D eigenvalue weighted by atomic mass is 9.87. The third-order valence-electron chi connectivity index (χ3n) is 6.72. The minimum absolute atomic E-state index is 0.507. The van der Waals surface area contributed by atoms with Gasteiger partial charge in [-0.25, -0.2) is 0 Å². The second-order valence-electron chi connectivity index (χ2n) is 8.15. The summed E-state index contributed by atoms with van der Waals surface area (Å²) in [7, 11) is 0. The Kier molecular flexibility index (Phi) is 3.21. The Morgan fingerprint density at radius 3 is 2.73 bits per heavy atom. The van der Waals surface area contributed by atoms with Crippen LogP contribution in [0.5, 0.6) is 0 Å². The smallest absolute Gasteiger partial charge is 0.0545 e. The van der Waals surface area contributed by atoms with Crippen molar-refractivity contribution >= 4 is 16.6 Å². The molecule has 3 nitrogen and oxygen atoms in total. The zero-order chi connectivity index (χ0) is 17.1. The van der Waals surface area contributed by atoms with Gasteiger partial charge in [-0.1, -0.05) is 24.3 Å². The molecule has 26 heavy (non-hydrogen) atoms. The minimum atomic E-state index is 0.507. The van der Waals surface area contributed by atoms with E-state index in [1.165, 1.54) is 60.3 Å². The number of H-pyrrole nitrogens is 1. The van der Waals surface area contributed by atoms with E-state index in [1.54, 1.807) is 11.1 Å². The van der Waals surface area contributed by atoms with Gasteiger partial charge in [0.2, 0.25) is 0 Å². The highest BCUT2D eigenvalue weighted by molar-refractivity contribution is 5.85. The average molecular weight is 343 g/mol. The number of fused-ring (bicyclic) bond motifs is 6. The number of aromatic amines is 1. The molecule has 3 heteroatoms. The van der Waals surface area contributed by atoms with Crippen molar-refractivity contribution in [1.29, 1.82) is 0 Å². The highest BCUT2D eigenvalue weighted by Crippen LogP contribution is 2.41. The van der Waals surface area contributed by atoms with Gasteiger partial charge in [0, 0.05) is 48.5 Å². The van der Waals surface area contributed by atoms with Crippen LogP contribution in [-0.4, -0.2) is 29.5 Å². The van der Waals surface area contributed by atoms with Crippen molar-refractivity contribution < 1.29 is 0 Å². The van der Waals surface area contributed by atoms with Crippen LogP contribution in [0.25, 0.3) is 10.9 Å². The zero-order valence-electron chi connectivity index (χ0n) is 15.2. The lowest BCUT2D eigenvalue weighted by Crippen LogP contribution is -2.39. The molecule has 3 aromatic rings. The van der Waals surface area contributed by atoms with Gasteiger partial charge in [0.25, 0.3) is 0 Å². The molecule has 0 aliphatic carbocycles. The molecule has 1 N–H and O–H groups in total. The van der Waals surface area contributed by atoms with Crippen LogP contribution in [0.4, 0.5) is 5.69 Å². The quantitative estimate of drug-likeness (QED) is 0.706. The molecule has 0 unspecified atom stereocenters. The van der Waals surface area contributed by atoms with Crippen molar-refractivity contribution in [3.05, 3.63) is 64.8 Å². The van der Waals surface area contributed by atoms with Crippen LogP contribution in [-0.2, 0) is 19.4 Å². The summed E-state index contributed by atoms with van der Waals surface area (Å²) in [5.41, 5.74) is 8.85. The molecule has 0 saturated carbocycles. The van der Waals surface area contributed by atoms with Crippen molar-refractivity contribution in [2.75, 3.05) is 24.5 Å². The number of aromatic nitrogens is 1. The standard InChI is InChI=1S/C23H25N3/c1-2-6-21-19(5-1)20-9-12-26-15-16-7-8-18(25-10-3-4-11-25)13-17(16)14-22(26)23(20)24-21/h1-2,5-8,13,22,24H,3-4,9-12,14-15H2/t22-/m0/s1. The first-order chi connectivity index (χ1) is 12.9. The van der Waals surface area contributed by atoms with Gasteiger partial charge in [-0.15, -0.1) is 0 Å².